The summed E-state index contributed by atoms with van der Waals surface area (Å²) in [5, 5.41) is 2.20. The van der Waals surface area contributed by atoms with Crippen molar-refractivity contribution in [2.75, 3.05) is 4.81 Å². The van der Waals surface area contributed by atoms with Gasteiger partial charge in [-0.05, 0) is 6.07 Å². The second-order valence-corrected chi connectivity index (χ2v) is 20.3. The van der Waals surface area contributed by atoms with Gasteiger partial charge in [0.15, 0.2) is 0 Å². The summed E-state index contributed by atoms with van der Waals surface area (Å²) in [4.78, 5) is 7.44. The van der Waals surface area contributed by atoms with E-state index in [9.17, 15) is 2.74 Å². The Morgan fingerprint density at radius 2 is 1.22 bits per heavy atom. The number of aromatic nitrogens is 4. The number of ether oxygens (including phenoxy) is 1. The summed E-state index contributed by atoms with van der Waals surface area (Å²) in [6.45, 7) is 3.54. The van der Waals surface area contributed by atoms with Crippen molar-refractivity contribution in [1.29, 1.82) is 0 Å². The number of rotatable bonds is 9. The summed E-state index contributed by atoms with van der Waals surface area (Å²) in [5.41, 5.74) is 11.6. The quantitative estimate of drug-likeness (QED) is 0.135. The van der Waals surface area contributed by atoms with Crippen LogP contribution in [0.4, 0.5) is 11.5 Å². The second kappa shape index (κ2) is 17.8. The first-order valence-corrected chi connectivity index (χ1v) is 25.4. The van der Waals surface area contributed by atoms with E-state index >= 15 is 0 Å². The fourth-order valence-electron chi connectivity index (χ4n) is 10.8. The summed E-state index contributed by atoms with van der Waals surface area (Å²) in [6.07, 6.45) is 0. The van der Waals surface area contributed by atoms with Gasteiger partial charge in [0.25, 0.3) is 0 Å². The van der Waals surface area contributed by atoms with Crippen LogP contribution in [0.15, 0.2) is 230 Å². The minimum absolute atomic E-state index is 0.0646. The van der Waals surface area contributed by atoms with Crippen molar-refractivity contribution in [1.82, 2.24) is 18.6 Å². The molecular weight excluding hydrogens is 1070 g/mol. The fourth-order valence-corrected chi connectivity index (χ4v) is 11.9. The maximum atomic E-state index is 9.22. The molecule has 0 atom stereocenters. The Kier molecular flexibility index (Phi) is 8.94. The van der Waals surface area contributed by atoms with Crippen LogP contribution >= 0.6 is 0 Å². The van der Waals surface area contributed by atoms with Gasteiger partial charge in [-0.1, -0.05) is 60.7 Å². The molecule has 12 aromatic rings. The van der Waals surface area contributed by atoms with Gasteiger partial charge in [-0.15, -0.1) is 0 Å². The average Bonchev–Trinajstić information content (AvgIpc) is 3.61. The van der Waals surface area contributed by atoms with Gasteiger partial charge in [0, 0.05) is 16.3 Å². The zero-order chi connectivity index (χ0) is 56.2. The van der Waals surface area contributed by atoms with E-state index in [1.165, 1.54) is 6.07 Å². The van der Waals surface area contributed by atoms with Gasteiger partial charge in [0.2, 0.25) is 0 Å². The first-order chi connectivity index (χ1) is 39.0. The third-order valence-corrected chi connectivity index (χ3v) is 14.9. The normalized spacial score (nSPS) is 14.2. The van der Waals surface area contributed by atoms with Gasteiger partial charge >= 0.3 is 367 Å². The topological polar surface area (TPSA) is 40.1 Å². The van der Waals surface area contributed by atoms with Gasteiger partial charge in [-0.25, -0.2) is 0 Å². The van der Waals surface area contributed by atoms with E-state index in [-0.39, 0.29) is 34.5 Å². The number of hydrogen-bond donors (Lipinski definition) is 0. The predicted octanol–water partition coefficient (Wildman–Crippen LogP) is 15.8. The van der Waals surface area contributed by atoms with Crippen LogP contribution in [0.25, 0.3) is 77.6 Å². The standard InChI is InChI=1S/C65H50BN5O.Pt/c1-44-40-61(70-59-37-21-32-54-52-29-15-17-34-56(52)71(64(54)59)66(70)47-26-12-7-13-27-47)67-62(41-44)72-60-42-48(38-39-53(60)51-28-14-16-33-55(51)65(2,3)4)68-43-69(58-36-19-18-35-57(58)68)63-49(45-22-8-5-9-23-45)30-20-31-50(63)46-24-10-6-11-25-46;/h5-42H,1-4H3;/i1D3,5D,8D,9D,22D,23D;. The van der Waals surface area contributed by atoms with Crippen LogP contribution < -0.4 is 15.0 Å². The third kappa shape index (κ3) is 7.52. The maximum absolute atomic E-state index is 9.22. The summed E-state index contributed by atoms with van der Waals surface area (Å²) in [6, 6.07) is 63.9. The molecule has 0 fully saturated rings. The molecular formula is C65H50BN5OPt. The molecule has 4 heterocycles. The van der Waals surface area contributed by atoms with Crippen molar-refractivity contribution in [2.45, 2.75) is 33.0 Å². The van der Waals surface area contributed by atoms with E-state index in [0.29, 0.717) is 32.3 Å². The number of para-hydroxylation sites is 5. The van der Waals surface area contributed by atoms with Crippen molar-refractivity contribution >= 4 is 56.8 Å². The third-order valence-electron chi connectivity index (χ3n) is 13.9. The molecule has 8 heteroatoms. The first kappa shape index (κ1) is 36.6. The molecule has 1 aliphatic rings. The fraction of sp³-hybridized carbons (Fsp3) is 0.0769. The van der Waals surface area contributed by atoms with E-state index in [4.69, 9.17) is 17.9 Å². The Bertz CT molecular complexity index is 4560. The Morgan fingerprint density at radius 1 is 0.575 bits per heavy atom. The van der Waals surface area contributed by atoms with Gasteiger partial charge in [0.05, 0.1) is 0 Å². The van der Waals surface area contributed by atoms with E-state index in [2.05, 4.69) is 113 Å². The van der Waals surface area contributed by atoms with E-state index in [0.717, 1.165) is 71.8 Å². The molecule has 0 saturated carbocycles. The number of imidazole rings is 1. The number of pyridine rings is 1. The average molecular weight is 1130 g/mol. The van der Waals surface area contributed by atoms with Gasteiger partial charge in [-0.3, -0.25) is 0 Å². The number of hydrogen-bond acceptors (Lipinski definition) is 3. The Hall–Kier alpha value is -8.25. The van der Waals surface area contributed by atoms with Crippen molar-refractivity contribution in [3.05, 3.63) is 245 Å². The van der Waals surface area contributed by atoms with Crippen LogP contribution in [0.1, 0.15) is 42.9 Å². The Morgan fingerprint density at radius 3 is 1.99 bits per heavy atom. The monoisotopic (exact) mass is 1130 g/mol. The zero-order valence-corrected chi connectivity index (χ0v) is 42.4. The summed E-state index contributed by atoms with van der Waals surface area (Å²) >= 11 is 2.31. The van der Waals surface area contributed by atoms with Crippen LogP contribution in [-0.2, 0) is 24.8 Å². The van der Waals surface area contributed by atoms with Crippen LogP contribution in [0.5, 0.6) is 11.6 Å². The number of benzene rings is 9. The molecule has 0 N–H and O–H groups in total. The summed E-state index contributed by atoms with van der Waals surface area (Å²) in [5.74, 6) is 0.920. The van der Waals surface area contributed by atoms with Crippen LogP contribution in [0, 0.1) is 10.7 Å². The molecule has 0 spiro atoms. The van der Waals surface area contributed by atoms with Crippen molar-refractivity contribution < 1.29 is 35.1 Å². The number of fused-ring (bicyclic) bond motifs is 4. The number of nitrogens with zero attached hydrogens (tertiary/aromatic N) is 5. The molecule has 0 unspecified atom stereocenters. The van der Waals surface area contributed by atoms with Crippen molar-refractivity contribution in [3.63, 3.8) is 0 Å². The predicted molar refractivity (Wildman–Crippen MR) is 299 cm³/mol. The SMILES string of the molecule is [2H]c1c([2H])c([2H])c(-c2cccc(-c3ccccc3)c2-n2[c](=[Pt])n(-c3ccc(-c4ccccc4C(C)(C)C)c(Oc4cc(C([2H])([2H])[2H])cc(N5B(c6ccccc6)n6c7ccccc7c7cccc5c76)n4)c3)c3ccccc32)c([2H])c1[2H]. The molecule has 0 amide bonds. The molecule has 0 radical (unpaired) electrons. The molecule has 0 bridgehead atoms. The molecule has 73 heavy (non-hydrogen) atoms. The molecule has 354 valence electrons. The van der Waals surface area contributed by atoms with Crippen LogP contribution in [-0.4, -0.2) is 25.6 Å². The van der Waals surface area contributed by atoms with E-state index in [1.54, 1.807) is 6.07 Å². The van der Waals surface area contributed by atoms with Crippen molar-refractivity contribution in [2.24, 2.45) is 0 Å². The van der Waals surface area contributed by atoms with E-state index < -0.39 is 32.0 Å². The molecule has 0 saturated heterocycles. The molecule has 13 rings (SSSR count). The first-order valence-electron chi connectivity index (χ1n) is 28.2. The second-order valence-electron chi connectivity index (χ2n) is 19.3. The van der Waals surface area contributed by atoms with Gasteiger partial charge < -0.3 is 0 Å². The van der Waals surface area contributed by atoms with Crippen LogP contribution in [0.2, 0.25) is 0 Å². The molecule has 3 aromatic heterocycles. The van der Waals surface area contributed by atoms with E-state index in [1.807, 2.05) is 133 Å². The summed E-state index contributed by atoms with van der Waals surface area (Å²) < 4.78 is 85.6. The Balaban J connectivity index is 1.04. The minimum atomic E-state index is -2.55. The molecule has 0 aliphatic carbocycles. The molecule has 1 aliphatic heterocycles. The molecule has 6 nitrogen and oxygen atoms in total. The van der Waals surface area contributed by atoms with Gasteiger partial charge in [-0.2, -0.15) is 0 Å². The van der Waals surface area contributed by atoms with Gasteiger partial charge in [0.1, 0.15) is 0 Å². The number of anilines is 2. The van der Waals surface area contributed by atoms with Crippen molar-refractivity contribution in [3.8, 4) is 56.4 Å². The Labute approximate surface area is 447 Å². The van der Waals surface area contributed by atoms with Crippen LogP contribution in [0.3, 0.4) is 0 Å². The zero-order valence-electron chi connectivity index (χ0n) is 48.1. The molecule has 9 aromatic carbocycles. The number of aryl methyl sites for hydroxylation is 1. The summed E-state index contributed by atoms with van der Waals surface area (Å²) in [7, 11) is 0.